The Morgan fingerprint density at radius 3 is 2.63 bits per heavy atom. The van der Waals surface area contributed by atoms with Gasteiger partial charge in [-0.1, -0.05) is 24.3 Å². The van der Waals surface area contributed by atoms with E-state index < -0.39 is 18.8 Å². The molecule has 0 spiro atoms. The minimum atomic E-state index is -4.20. The molecule has 2 aromatic rings. The molecule has 1 unspecified atom stereocenters. The number of aliphatic hydroxyl groups excluding tert-OH is 1. The van der Waals surface area contributed by atoms with Crippen molar-refractivity contribution in [2.75, 3.05) is 39.3 Å². The fraction of sp³-hybridized carbons (Fsp3) is 0.520. The molecular weight excluding hydrogens is 461 g/mol. The minimum Gasteiger partial charge on any atom is -0.489 e. The number of carbonyl (C=O) groups is 1. The number of likely N-dealkylation sites (tertiary alicyclic amines) is 1. The van der Waals surface area contributed by atoms with E-state index in [0.717, 1.165) is 19.5 Å². The number of aliphatic hydroxyl groups is 1. The van der Waals surface area contributed by atoms with E-state index in [4.69, 9.17) is 4.74 Å². The largest absolute Gasteiger partial charge is 0.489 e. The number of hydrogen-bond donors (Lipinski definition) is 2. The predicted molar refractivity (Wildman–Crippen MR) is 124 cm³/mol. The van der Waals surface area contributed by atoms with Crippen molar-refractivity contribution in [3.8, 4) is 5.75 Å². The van der Waals surface area contributed by atoms with Gasteiger partial charge in [-0.3, -0.25) is 19.6 Å². The van der Waals surface area contributed by atoms with Crippen LogP contribution in [-0.4, -0.2) is 83.5 Å². The van der Waals surface area contributed by atoms with Gasteiger partial charge in [0.1, 0.15) is 11.9 Å². The van der Waals surface area contributed by atoms with Crippen LogP contribution in [0, 0.1) is 0 Å². The average Bonchev–Trinajstić information content (AvgIpc) is 2.83. The SMILES string of the molecule is O=C(NCC(O)CN1CCc2ccccc2C1)c1cncc(OC2CCN(CC(F)(F)F)CC2)c1. The molecule has 0 aliphatic carbocycles. The lowest BCUT2D eigenvalue weighted by Crippen LogP contribution is -2.42. The van der Waals surface area contributed by atoms with E-state index in [9.17, 15) is 23.1 Å². The summed E-state index contributed by atoms with van der Waals surface area (Å²) in [6.45, 7) is 1.91. The van der Waals surface area contributed by atoms with Crippen LogP contribution in [0.4, 0.5) is 13.2 Å². The van der Waals surface area contributed by atoms with Gasteiger partial charge in [-0.15, -0.1) is 0 Å². The van der Waals surface area contributed by atoms with Gasteiger partial charge in [-0.25, -0.2) is 0 Å². The van der Waals surface area contributed by atoms with E-state index in [1.54, 1.807) is 6.07 Å². The fourth-order valence-electron chi connectivity index (χ4n) is 4.62. The van der Waals surface area contributed by atoms with Gasteiger partial charge in [-0.05, 0) is 36.5 Å². The van der Waals surface area contributed by atoms with Gasteiger partial charge in [0.25, 0.3) is 5.91 Å². The number of amides is 1. The van der Waals surface area contributed by atoms with Crippen molar-refractivity contribution < 1.29 is 27.8 Å². The molecule has 190 valence electrons. The zero-order valence-corrected chi connectivity index (χ0v) is 19.5. The molecule has 3 heterocycles. The van der Waals surface area contributed by atoms with E-state index in [2.05, 4.69) is 27.3 Å². The number of benzene rings is 1. The zero-order valence-electron chi connectivity index (χ0n) is 19.5. The molecule has 0 radical (unpaired) electrons. The van der Waals surface area contributed by atoms with Crippen LogP contribution in [0.25, 0.3) is 0 Å². The Bertz CT molecular complexity index is 996. The van der Waals surface area contributed by atoms with Crippen molar-refractivity contribution in [1.82, 2.24) is 20.1 Å². The summed E-state index contributed by atoms with van der Waals surface area (Å²) in [6.07, 6.45) is -0.348. The number of nitrogens with one attached hydrogen (secondary N) is 1. The average molecular weight is 493 g/mol. The number of halogens is 3. The molecule has 2 aliphatic heterocycles. The highest BCUT2D eigenvalue weighted by atomic mass is 19.4. The van der Waals surface area contributed by atoms with E-state index in [1.807, 2.05) is 12.1 Å². The number of ether oxygens (including phenoxy) is 1. The Labute approximate surface area is 202 Å². The summed E-state index contributed by atoms with van der Waals surface area (Å²) in [5.41, 5.74) is 2.91. The number of fused-ring (bicyclic) bond motifs is 1. The fourth-order valence-corrected chi connectivity index (χ4v) is 4.62. The molecule has 2 N–H and O–H groups in total. The van der Waals surface area contributed by atoms with Gasteiger partial charge in [0.15, 0.2) is 0 Å². The lowest BCUT2D eigenvalue weighted by atomic mass is 10.00. The number of rotatable bonds is 8. The lowest BCUT2D eigenvalue weighted by Gasteiger charge is -2.32. The highest BCUT2D eigenvalue weighted by molar-refractivity contribution is 5.94. The van der Waals surface area contributed by atoms with Crippen LogP contribution in [0.1, 0.15) is 34.3 Å². The van der Waals surface area contributed by atoms with Gasteiger partial charge in [0.2, 0.25) is 0 Å². The molecule has 1 fully saturated rings. The summed E-state index contributed by atoms with van der Waals surface area (Å²) < 4.78 is 43.5. The van der Waals surface area contributed by atoms with Crippen LogP contribution in [0.3, 0.4) is 0 Å². The molecule has 0 bridgehead atoms. The first-order valence-corrected chi connectivity index (χ1v) is 11.9. The maximum absolute atomic E-state index is 12.6. The van der Waals surface area contributed by atoms with Crippen molar-refractivity contribution in [2.24, 2.45) is 0 Å². The molecule has 0 saturated carbocycles. The van der Waals surface area contributed by atoms with Gasteiger partial charge < -0.3 is 15.2 Å². The van der Waals surface area contributed by atoms with Crippen LogP contribution >= 0.6 is 0 Å². The second-order valence-corrected chi connectivity index (χ2v) is 9.24. The van der Waals surface area contributed by atoms with Crippen LogP contribution in [0.15, 0.2) is 42.7 Å². The van der Waals surface area contributed by atoms with Gasteiger partial charge in [0, 0.05) is 45.5 Å². The molecule has 1 aromatic carbocycles. The highest BCUT2D eigenvalue weighted by Gasteiger charge is 2.33. The van der Waals surface area contributed by atoms with E-state index in [-0.39, 0.29) is 18.6 Å². The number of carbonyl (C=O) groups excluding carboxylic acids is 1. The molecule has 35 heavy (non-hydrogen) atoms. The Hall–Kier alpha value is -2.69. The third kappa shape index (κ3) is 7.65. The molecule has 4 rings (SSSR count). The molecule has 7 nitrogen and oxygen atoms in total. The van der Waals surface area contributed by atoms with Gasteiger partial charge >= 0.3 is 6.18 Å². The quantitative estimate of drug-likeness (QED) is 0.590. The molecule has 1 atom stereocenters. The minimum absolute atomic E-state index is 0.111. The number of pyridine rings is 1. The Kier molecular flexibility index (Phi) is 8.25. The van der Waals surface area contributed by atoms with Crippen LogP contribution in [0.2, 0.25) is 0 Å². The predicted octanol–water partition coefficient (Wildman–Crippen LogP) is 2.64. The van der Waals surface area contributed by atoms with Crippen molar-refractivity contribution in [1.29, 1.82) is 0 Å². The maximum Gasteiger partial charge on any atom is 0.401 e. The molecule has 1 amide bonds. The summed E-state index contributed by atoms with van der Waals surface area (Å²) in [7, 11) is 0. The summed E-state index contributed by atoms with van der Waals surface area (Å²) in [6, 6.07) is 9.85. The number of β-amino-alcohol motifs (C(OH)–C–C–N with tert-alkyl or cyclic N) is 1. The number of aromatic nitrogens is 1. The molecule has 2 aliphatic rings. The molecular formula is C25H31F3N4O3. The summed E-state index contributed by atoms with van der Waals surface area (Å²) >= 11 is 0. The third-order valence-electron chi connectivity index (χ3n) is 6.39. The first-order valence-electron chi connectivity index (χ1n) is 11.9. The number of alkyl halides is 3. The van der Waals surface area contributed by atoms with Crippen LogP contribution in [-0.2, 0) is 13.0 Å². The lowest BCUT2D eigenvalue weighted by molar-refractivity contribution is -0.149. The first kappa shape index (κ1) is 25.4. The van der Waals surface area contributed by atoms with Crippen LogP contribution in [0.5, 0.6) is 5.75 Å². The first-order chi connectivity index (χ1) is 16.7. The Morgan fingerprint density at radius 1 is 1.14 bits per heavy atom. The third-order valence-corrected chi connectivity index (χ3v) is 6.39. The number of hydrogen-bond acceptors (Lipinski definition) is 6. The van der Waals surface area contributed by atoms with Crippen molar-refractivity contribution in [3.05, 3.63) is 59.4 Å². The molecule has 1 aromatic heterocycles. The van der Waals surface area contributed by atoms with Crippen molar-refractivity contribution in [3.63, 3.8) is 0 Å². The Morgan fingerprint density at radius 2 is 1.89 bits per heavy atom. The number of piperidine rings is 1. The molecule has 10 heteroatoms. The normalized spacial score (nSPS) is 18.6. The summed E-state index contributed by atoms with van der Waals surface area (Å²) in [5.74, 6) is 0.0328. The standard InChI is InChI=1S/C25H31F3N4O3/c26-25(27,28)17-31-9-6-22(7-10-31)35-23-11-20(12-29-14-23)24(34)30-13-21(33)16-32-8-5-18-3-1-2-4-19(18)15-32/h1-4,11-12,14,21-22,33H,5-10,13,15-17H2,(H,30,34). The van der Waals surface area contributed by atoms with Crippen molar-refractivity contribution >= 4 is 5.91 Å². The van der Waals surface area contributed by atoms with E-state index in [1.165, 1.54) is 28.4 Å². The number of nitrogens with zero attached hydrogens (tertiary/aromatic N) is 3. The molecule has 1 saturated heterocycles. The van der Waals surface area contributed by atoms with Gasteiger partial charge in [-0.2, -0.15) is 13.2 Å². The maximum atomic E-state index is 12.6. The van der Waals surface area contributed by atoms with E-state index in [0.29, 0.717) is 43.8 Å². The highest BCUT2D eigenvalue weighted by Crippen LogP contribution is 2.23. The monoisotopic (exact) mass is 492 g/mol. The summed E-state index contributed by atoms with van der Waals surface area (Å²) in [5, 5.41) is 13.2. The second-order valence-electron chi connectivity index (χ2n) is 9.24. The summed E-state index contributed by atoms with van der Waals surface area (Å²) in [4.78, 5) is 20.2. The van der Waals surface area contributed by atoms with Crippen molar-refractivity contribution in [2.45, 2.75) is 44.2 Å². The van der Waals surface area contributed by atoms with Crippen LogP contribution < -0.4 is 10.1 Å². The van der Waals surface area contributed by atoms with E-state index >= 15 is 0 Å². The Balaban J connectivity index is 1.21. The smallest absolute Gasteiger partial charge is 0.401 e. The second kappa shape index (κ2) is 11.4. The van der Waals surface area contributed by atoms with Gasteiger partial charge in [0.05, 0.1) is 24.4 Å². The topological polar surface area (TPSA) is 77.9 Å². The zero-order chi connectivity index (χ0) is 24.8.